The number of aromatic nitrogens is 2. The first-order chi connectivity index (χ1) is 10.5. The molecule has 0 saturated heterocycles. The molecule has 22 heavy (non-hydrogen) atoms. The third-order valence-electron chi connectivity index (χ3n) is 2.77. The molecule has 1 aromatic heterocycles. The highest BCUT2D eigenvalue weighted by Gasteiger charge is 2.20. The maximum atomic E-state index is 12.3. The smallest absolute Gasteiger partial charge is 0.248 e. The summed E-state index contributed by atoms with van der Waals surface area (Å²) in [6.07, 6.45) is 0.634. The zero-order valence-corrected chi connectivity index (χ0v) is 13.4. The summed E-state index contributed by atoms with van der Waals surface area (Å²) in [5.74, 6) is -0.651. The van der Waals surface area contributed by atoms with Gasteiger partial charge in [0.1, 0.15) is 0 Å². The molecule has 116 valence electrons. The van der Waals surface area contributed by atoms with Crippen molar-refractivity contribution in [2.75, 3.05) is 11.1 Å². The fourth-order valence-electron chi connectivity index (χ4n) is 1.65. The van der Waals surface area contributed by atoms with E-state index in [0.29, 0.717) is 27.1 Å². The van der Waals surface area contributed by atoms with E-state index in [1.165, 1.54) is 23.1 Å². The average Bonchev–Trinajstić information content (AvgIpc) is 2.90. The minimum atomic E-state index is -0.506. The molecule has 0 saturated carbocycles. The highest BCUT2D eigenvalue weighted by molar-refractivity contribution is 8.02. The van der Waals surface area contributed by atoms with Crippen LogP contribution in [0.3, 0.4) is 0 Å². The second kappa shape index (κ2) is 7.23. The van der Waals surface area contributed by atoms with Crippen LogP contribution < -0.4 is 16.8 Å². The predicted octanol–water partition coefficient (Wildman–Crippen LogP) is 1.73. The van der Waals surface area contributed by atoms with Crippen LogP contribution >= 0.6 is 23.1 Å². The number of rotatable bonds is 6. The second-order valence-corrected chi connectivity index (χ2v) is 6.81. The number of anilines is 2. The number of carbonyl (C=O) groups is 2. The Balaban J connectivity index is 2.00. The van der Waals surface area contributed by atoms with Gasteiger partial charge in [-0.25, -0.2) is 0 Å². The van der Waals surface area contributed by atoms with Crippen molar-refractivity contribution in [2.45, 2.75) is 22.9 Å². The fourth-order valence-corrected chi connectivity index (χ4v) is 3.46. The lowest BCUT2D eigenvalue weighted by molar-refractivity contribution is -0.115. The molecule has 2 aromatic rings. The quantitative estimate of drug-likeness (QED) is 0.690. The number of carbonyl (C=O) groups excluding carboxylic acids is 2. The van der Waals surface area contributed by atoms with Crippen LogP contribution in [0.15, 0.2) is 28.6 Å². The van der Waals surface area contributed by atoms with Crippen molar-refractivity contribution in [3.63, 3.8) is 0 Å². The Labute approximate surface area is 135 Å². The Morgan fingerprint density at radius 1 is 1.32 bits per heavy atom. The summed E-state index contributed by atoms with van der Waals surface area (Å²) >= 11 is 2.57. The zero-order chi connectivity index (χ0) is 16.1. The first-order valence-corrected chi connectivity index (χ1v) is 8.15. The van der Waals surface area contributed by atoms with Crippen LogP contribution in [0.25, 0.3) is 0 Å². The molecule has 1 heterocycles. The molecule has 1 unspecified atom stereocenters. The van der Waals surface area contributed by atoms with Gasteiger partial charge in [0.05, 0.1) is 5.25 Å². The minimum absolute atomic E-state index is 0.145. The van der Waals surface area contributed by atoms with Gasteiger partial charge >= 0.3 is 0 Å². The SMILES string of the molecule is CCC(Sc1nnc(N)s1)C(=O)Nc1ccc(C(N)=O)cc1. The molecule has 0 bridgehead atoms. The summed E-state index contributed by atoms with van der Waals surface area (Å²) in [4.78, 5) is 23.3. The fraction of sp³-hybridized carbons (Fsp3) is 0.231. The molecular weight excluding hydrogens is 322 g/mol. The number of thioether (sulfide) groups is 1. The summed E-state index contributed by atoms with van der Waals surface area (Å²) < 4.78 is 0.656. The number of nitrogens with one attached hydrogen (secondary N) is 1. The summed E-state index contributed by atoms with van der Waals surface area (Å²) in [7, 11) is 0. The normalized spacial score (nSPS) is 11.9. The Kier molecular flexibility index (Phi) is 5.34. The predicted molar refractivity (Wildman–Crippen MR) is 87.8 cm³/mol. The van der Waals surface area contributed by atoms with E-state index in [4.69, 9.17) is 11.5 Å². The lowest BCUT2D eigenvalue weighted by atomic mass is 10.2. The average molecular weight is 337 g/mol. The highest BCUT2D eigenvalue weighted by Crippen LogP contribution is 2.29. The molecule has 0 aliphatic rings. The largest absolute Gasteiger partial charge is 0.374 e. The molecule has 0 aliphatic carbocycles. The molecule has 1 aromatic carbocycles. The Bertz CT molecular complexity index is 671. The van der Waals surface area contributed by atoms with E-state index < -0.39 is 5.91 Å². The summed E-state index contributed by atoms with van der Waals surface area (Å²) in [6, 6.07) is 6.41. The molecule has 2 amide bonds. The van der Waals surface area contributed by atoms with E-state index >= 15 is 0 Å². The molecule has 0 aliphatic heterocycles. The van der Waals surface area contributed by atoms with Gasteiger partial charge < -0.3 is 16.8 Å². The Morgan fingerprint density at radius 2 is 2.00 bits per heavy atom. The maximum Gasteiger partial charge on any atom is 0.248 e. The lowest BCUT2D eigenvalue weighted by Gasteiger charge is -2.13. The molecule has 0 radical (unpaired) electrons. The topological polar surface area (TPSA) is 124 Å². The van der Waals surface area contributed by atoms with Crippen molar-refractivity contribution in [2.24, 2.45) is 5.73 Å². The maximum absolute atomic E-state index is 12.3. The molecular formula is C13H15N5O2S2. The number of primary amides is 1. The van der Waals surface area contributed by atoms with Gasteiger partial charge in [-0.1, -0.05) is 30.0 Å². The van der Waals surface area contributed by atoms with Gasteiger partial charge in [0, 0.05) is 11.3 Å². The molecule has 7 nitrogen and oxygen atoms in total. The first-order valence-electron chi connectivity index (χ1n) is 6.46. The number of benzene rings is 1. The number of nitrogens with zero attached hydrogens (tertiary/aromatic N) is 2. The lowest BCUT2D eigenvalue weighted by Crippen LogP contribution is -2.24. The van der Waals surface area contributed by atoms with Crippen molar-refractivity contribution in [1.82, 2.24) is 10.2 Å². The van der Waals surface area contributed by atoms with E-state index in [0.717, 1.165) is 0 Å². The van der Waals surface area contributed by atoms with E-state index in [-0.39, 0.29) is 11.2 Å². The molecule has 0 spiro atoms. The zero-order valence-electron chi connectivity index (χ0n) is 11.8. The third-order valence-corrected chi connectivity index (χ3v) is 4.97. The van der Waals surface area contributed by atoms with Crippen LogP contribution in [0.2, 0.25) is 0 Å². The van der Waals surface area contributed by atoms with Crippen LogP contribution in [0, 0.1) is 0 Å². The second-order valence-electron chi connectivity index (χ2n) is 4.35. The third kappa shape index (κ3) is 4.18. The number of nitrogens with two attached hydrogens (primary N) is 2. The van der Waals surface area contributed by atoms with Gasteiger partial charge in [-0.05, 0) is 30.7 Å². The van der Waals surface area contributed by atoms with Gasteiger partial charge in [0.15, 0.2) is 4.34 Å². The van der Waals surface area contributed by atoms with Gasteiger partial charge in [-0.15, -0.1) is 10.2 Å². The standard InChI is InChI=1S/C13H15N5O2S2/c1-2-9(21-13-18-17-12(15)22-13)11(20)16-8-5-3-7(4-6-8)10(14)19/h3-6,9H,2H2,1H3,(H2,14,19)(H2,15,17)(H,16,20). The van der Waals surface area contributed by atoms with Gasteiger partial charge in [0.2, 0.25) is 16.9 Å². The van der Waals surface area contributed by atoms with E-state index in [1.807, 2.05) is 6.92 Å². The van der Waals surface area contributed by atoms with Gasteiger partial charge in [-0.2, -0.15) is 0 Å². The molecule has 2 rings (SSSR count). The van der Waals surface area contributed by atoms with Gasteiger partial charge in [-0.3, -0.25) is 9.59 Å². The monoisotopic (exact) mass is 337 g/mol. The summed E-state index contributed by atoms with van der Waals surface area (Å²) in [5.41, 5.74) is 11.7. The molecule has 5 N–H and O–H groups in total. The van der Waals surface area contributed by atoms with Crippen molar-refractivity contribution < 1.29 is 9.59 Å². The van der Waals surface area contributed by atoms with Crippen molar-refractivity contribution in [3.05, 3.63) is 29.8 Å². The number of hydrogen-bond donors (Lipinski definition) is 3. The van der Waals surface area contributed by atoms with Crippen LogP contribution in [0.1, 0.15) is 23.7 Å². The summed E-state index contributed by atoms with van der Waals surface area (Å²) in [6.45, 7) is 1.91. The molecule has 9 heteroatoms. The van der Waals surface area contributed by atoms with Crippen molar-refractivity contribution in [1.29, 1.82) is 0 Å². The summed E-state index contributed by atoms with van der Waals surface area (Å²) in [5, 5.41) is 10.5. The van der Waals surface area contributed by atoms with Crippen LogP contribution in [0.4, 0.5) is 10.8 Å². The Morgan fingerprint density at radius 3 is 2.50 bits per heavy atom. The number of hydrogen-bond acceptors (Lipinski definition) is 7. The van der Waals surface area contributed by atoms with E-state index in [1.54, 1.807) is 24.3 Å². The number of nitrogen functional groups attached to an aromatic ring is 1. The molecule has 0 fully saturated rings. The van der Waals surface area contributed by atoms with Crippen LogP contribution in [0.5, 0.6) is 0 Å². The minimum Gasteiger partial charge on any atom is -0.374 e. The number of amides is 2. The van der Waals surface area contributed by atoms with Gasteiger partial charge in [0.25, 0.3) is 0 Å². The van der Waals surface area contributed by atoms with Crippen LogP contribution in [-0.2, 0) is 4.79 Å². The Hall–Kier alpha value is -2.13. The van der Waals surface area contributed by atoms with Crippen LogP contribution in [-0.4, -0.2) is 27.3 Å². The first kappa shape index (κ1) is 16.2. The van der Waals surface area contributed by atoms with E-state index in [2.05, 4.69) is 15.5 Å². The van der Waals surface area contributed by atoms with E-state index in [9.17, 15) is 9.59 Å². The highest BCUT2D eigenvalue weighted by atomic mass is 32.2. The van der Waals surface area contributed by atoms with Crippen molar-refractivity contribution in [3.8, 4) is 0 Å². The van der Waals surface area contributed by atoms with Crippen molar-refractivity contribution >= 4 is 45.7 Å². The molecule has 1 atom stereocenters.